The highest BCUT2D eigenvalue weighted by Gasteiger charge is 2.10. The summed E-state index contributed by atoms with van der Waals surface area (Å²) in [6, 6.07) is -0.214. The van der Waals surface area contributed by atoms with Crippen LogP contribution in [0.3, 0.4) is 0 Å². The minimum atomic E-state index is -0.214. The topological polar surface area (TPSA) is 68.0 Å². The number of carbonyl (C=O) groups is 1. The summed E-state index contributed by atoms with van der Waals surface area (Å²) in [7, 11) is 0. The summed E-state index contributed by atoms with van der Waals surface area (Å²) in [4.78, 5) is 13.9. The molecular weight excluding hydrogens is 146 g/mol. The SMILES string of the molecule is Cc1noc([C@H](C)NC=O)n1. The van der Waals surface area contributed by atoms with Gasteiger partial charge in [0, 0.05) is 0 Å². The lowest BCUT2D eigenvalue weighted by molar-refractivity contribution is -0.110. The van der Waals surface area contributed by atoms with Gasteiger partial charge in [-0.2, -0.15) is 4.98 Å². The molecule has 1 atom stereocenters. The molecule has 5 heteroatoms. The van der Waals surface area contributed by atoms with Gasteiger partial charge in [-0.15, -0.1) is 0 Å². The molecule has 1 heterocycles. The Balaban J connectivity index is 2.67. The molecule has 1 amide bonds. The van der Waals surface area contributed by atoms with Crippen LogP contribution in [0.2, 0.25) is 0 Å². The van der Waals surface area contributed by atoms with Crippen LogP contribution >= 0.6 is 0 Å². The molecule has 0 aliphatic rings. The van der Waals surface area contributed by atoms with Gasteiger partial charge in [-0.25, -0.2) is 0 Å². The summed E-state index contributed by atoms with van der Waals surface area (Å²) < 4.78 is 4.80. The van der Waals surface area contributed by atoms with Crippen molar-refractivity contribution in [2.45, 2.75) is 19.9 Å². The highest BCUT2D eigenvalue weighted by Crippen LogP contribution is 2.07. The maximum absolute atomic E-state index is 9.99. The number of hydrogen-bond acceptors (Lipinski definition) is 4. The zero-order valence-electron chi connectivity index (χ0n) is 6.37. The van der Waals surface area contributed by atoms with Crippen LogP contribution in [0.1, 0.15) is 24.7 Å². The second-order valence-electron chi connectivity index (χ2n) is 2.19. The largest absolute Gasteiger partial charge is 0.347 e. The quantitative estimate of drug-likeness (QED) is 0.632. The van der Waals surface area contributed by atoms with Crippen LogP contribution in [0.5, 0.6) is 0 Å². The lowest BCUT2D eigenvalue weighted by atomic mass is 10.3. The van der Waals surface area contributed by atoms with Crippen LogP contribution in [-0.4, -0.2) is 16.6 Å². The monoisotopic (exact) mass is 155 g/mol. The van der Waals surface area contributed by atoms with Crippen LogP contribution in [0.15, 0.2) is 4.52 Å². The predicted octanol–water partition coefficient (Wildman–Crippen LogP) is 0.185. The maximum atomic E-state index is 9.99. The molecule has 1 aromatic heterocycles. The molecule has 5 nitrogen and oxygen atoms in total. The van der Waals surface area contributed by atoms with Crippen molar-refractivity contribution in [3.63, 3.8) is 0 Å². The van der Waals surface area contributed by atoms with Gasteiger partial charge in [0.15, 0.2) is 5.82 Å². The summed E-state index contributed by atoms with van der Waals surface area (Å²) in [6.07, 6.45) is 0.601. The number of hydrogen-bond donors (Lipinski definition) is 1. The van der Waals surface area contributed by atoms with Gasteiger partial charge in [-0.05, 0) is 13.8 Å². The third-order valence-electron chi connectivity index (χ3n) is 1.23. The molecule has 0 aliphatic carbocycles. The average molecular weight is 155 g/mol. The van der Waals surface area contributed by atoms with Gasteiger partial charge in [-0.1, -0.05) is 5.16 Å². The lowest BCUT2D eigenvalue weighted by Crippen LogP contribution is -2.16. The third kappa shape index (κ3) is 1.76. The number of carbonyl (C=O) groups excluding carboxylic acids is 1. The van der Waals surface area contributed by atoms with Crippen LogP contribution < -0.4 is 5.32 Å². The number of aryl methyl sites for hydroxylation is 1. The van der Waals surface area contributed by atoms with E-state index in [1.807, 2.05) is 0 Å². The number of aromatic nitrogens is 2. The Labute approximate surface area is 63.8 Å². The van der Waals surface area contributed by atoms with Crippen molar-refractivity contribution in [2.75, 3.05) is 0 Å². The third-order valence-corrected chi connectivity index (χ3v) is 1.23. The van der Waals surface area contributed by atoms with Crippen LogP contribution in [0, 0.1) is 6.92 Å². The van der Waals surface area contributed by atoms with E-state index >= 15 is 0 Å². The van der Waals surface area contributed by atoms with Gasteiger partial charge in [-0.3, -0.25) is 4.79 Å². The zero-order valence-corrected chi connectivity index (χ0v) is 6.37. The summed E-state index contributed by atoms with van der Waals surface area (Å²) in [5.74, 6) is 0.995. The van der Waals surface area contributed by atoms with Crippen molar-refractivity contribution in [1.29, 1.82) is 0 Å². The smallest absolute Gasteiger partial charge is 0.248 e. The van der Waals surface area contributed by atoms with E-state index in [1.165, 1.54) is 0 Å². The summed E-state index contributed by atoms with van der Waals surface area (Å²) in [6.45, 7) is 3.49. The molecule has 11 heavy (non-hydrogen) atoms. The number of amides is 1. The van der Waals surface area contributed by atoms with Gasteiger partial charge in [0.2, 0.25) is 12.3 Å². The van der Waals surface area contributed by atoms with E-state index in [4.69, 9.17) is 4.52 Å². The zero-order chi connectivity index (χ0) is 8.27. The van der Waals surface area contributed by atoms with Gasteiger partial charge >= 0.3 is 0 Å². The molecule has 1 N–H and O–H groups in total. The Morgan fingerprint density at radius 1 is 1.73 bits per heavy atom. The molecule has 0 unspecified atom stereocenters. The minimum Gasteiger partial charge on any atom is -0.347 e. The lowest BCUT2D eigenvalue weighted by Gasteiger charge is -2.01. The Hall–Kier alpha value is -1.39. The molecule has 0 aromatic carbocycles. The van der Waals surface area contributed by atoms with E-state index < -0.39 is 0 Å². The van der Waals surface area contributed by atoms with Crippen molar-refractivity contribution in [3.05, 3.63) is 11.7 Å². The van der Waals surface area contributed by atoms with Crippen LogP contribution in [0.25, 0.3) is 0 Å². The highest BCUT2D eigenvalue weighted by molar-refractivity contribution is 5.46. The molecule has 0 aliphatic heterocycles. The van der Waals surface area contributed by atoms with Crippen LogP contribution in [0.4, 0.5) is 0 Å². The van der Waals surface area contributed by atoms with E-state index in [0.29, 0.717) is 18.1 Å². The number of nitrogens with one attached hydrogen (secondary N) is 1. The average Bonchev–Trinajstić information content (AvgIpc) is 2.36. The van der Waals surface area contributed by atoms with Crippen molar-refractivity contribution < 1.29 is 9.32 Å². The minimum absolute atomic E-state index is 0.214. The summed E-state index contributed by atoms with van der Waals surface area (Å²) >= 11 is 0. The van der Waals surface area contributed by atoms with E-state index in [9.17, 15) is 4.79 Å². The molecule has 0 saturated carbocycles. The Kier molecular flexibility index (Phi) is 2.20. The fourth-order valence-corrected chi connectivity index (χ4v) is 0.662. The fourth-order valence-electron chi connectivity index (χ4n) is 0.662. The molecule has 1 rings (SSSR count). The molecule has 0 radical (unpaired) electrons. The van der Waals surface area contributed by atoms with E-state index in [0.717, 1.165) is 0 Å². The highest BCUT2D eigenvalue weighted by atomic mass is 16.5. The van der Waals surface area contributed by atoms with Crippen molar-refractivity contribution in [2.24, 2.45) is 0 Å². The summed E-state index contributed by atoms with van der Waals surface area (Å²) in [5.41, 5.74) is 0. The first kappa shape index (κ1) is 7.71. The molecule has 0 fully saturated rings. The first-order valence-corrected chi connectivity index (χ1v) is 3.24. The van der Waals surface area contributed by atoms with E-state index in [2.05, 4.69) is 15.5 Å². The first-order chi connectivity index (χ1) is 5.24. The Bertz CT molecular complexity index is 246. The van der Waals surface area contributed by atoms with Crippen molar-refractivity contribution in [3.8, 4) is 0 Å². The molecule has 0 spiro atoms. The second kappa shape index (κ2) is 3.14. The molecule has 1 aromatic rings. The molecular formula is C6H9N3O2. The normalized spacial score (nSPS) is 12.5. The Morgan fingerprint density at radius 3 is 2.91 bits per heavy atom. The Morgan fingerprint density at radius 2 is 2.45 bits per heavy atom. The van der Waals surface area contributed by atoms with E-state index in [1.54, 1.807) is 13.8 Å². The van der Waals surface area contributed by atoms with Gasteiger partial charge in [0.25, 0.3) is 0 Å². The van der Waals surface area contributed by atoms with Gasteiger partial charge in [0.05, 0.1) is 0 Å². The summed E-state index contributed by atoms with van der Waals surface area (Å²) in [5, 5.41) is 6.08. The maximum Gasteiger partial charge on any atom is 0.248 e. The van der Waals surface area contributed by atoms with Crippen molar-refractivity contribution >= 4 is 6.41 Å². The molecule has 60 valence electrons. The number of rotatable bonds is 3. The predicted molar refractivity (Wildman–Crippen MR) is 36.6 cm³/mol. The van der Waals surface area contributed by atoms with Crippen LogP contribution in [-0.2, 0) is 4.79 Å². The number of nitrogens with zero attached hydrogens (tertiary/aromatic N) is 2. The second-order valence-corrected chi connectivity index (χ2v) is 2.19. The molecule has 0 bridgehead atoms. The fraction of sp³-hybridized carbons (Fsp3) is 0.500. The van der Waals surface area contributed by atoms with Gasteiger partial charge in [0.1, 0.15) is 6.04 Å². The first-order valence-electron chi connectivity index (χ1n) is 3.24. The van der Waals surface area contributed by atoms with E-state index in [-0.39, 0.29) is 6.04 Å². The molecule has 0 saturated heterocycles. The standard InChI is InChI=1S/C6H9N3O2/c1-4(7-3-10)6-8-5(2)9-11-6/h3-4H,1-2H3,(H,7,10)/t4-/m0/s1. The van der Waals surface area contributed by atoms with Gasteiger partial charge < -0.3 is 9.84 Å². The van der Waals surface area contributed by atoms with Crippen molar-refractivity contribution in [1.82, 2.24) is 15.5 Å².